The highest BCUT2D eigenvalue weighted by Gasteiger charge is 2.52. The van der Waals surface area contributed by atoms with E-state index in [0.29, 0.717) is 5.41 Å². The Labute approximate surface area is 242 Å². The molecule has 1 unspecified atom stereocenters. The normalized spacial score (nSPS) is 28.3. The summed E-state index contributed by atoms with van der Waals surface area (Å²) in [5.41, 5.74) is 9.76. The maximum atomic E-state index is 6.00. The van der Waals surface area contributed by atoms with Gasteiger partial charge in [0.15, 0.2) is 0 Å². The Morgan fingerprint density at radius 1 is 0.756 bits per heavy atom. The average molecular weight is 539 g/mol. The van der Waals surface area contributed by atoms with Crippen molar-refractivity contribution < 1.29 is 4.74 Å². The van der Waals surface area contributed by atoms with E-state index in [4.69, 9.17) is 4.74 Å². The maximum absolute atomic E-state index is 6.00. The molecule has 2 N–H and O–H groups in total. The van der Waals surface area contributed by atoms with Gasteiger partial charge in [0, 0.05) is 28.7 Å². The van der Waals surface area contributed by atoms with Gasteiger partial charge in [-0.2, -0.15) is 0 Å². The molecule has 41 heavy (non-hydrogen) atoms. The van der Waals surface area contributed by atoms with Crippen LogP contribution in [0.1, 0.15) is 67.0 Å². The Kier molecular flexibility index (Phi) is 5.27. The van der Waals surface area contributed by atoms with E-state index in [1.54, 1.807) is 0 Å². The minimum atomic E-state index is 0.194. The minimum absolute atomic E-state index is 0.194. The first-order valence-electron chi connectivity index (χ1n) is 15.7. The summed E-state index contributed by atoms with van der Waals surface area (Å²) in [6.45, 7) is 1.00. The van der Waals surface area contributed by atoms with E-state index in [0.717, 1.165) is 36.5 Å². The molecular formula is C38H38N2O. The van der Waals surface area contributed by atoms with Crippen molar-refractivity contribution in [3.63, 3.8) is 0 Å². The van der Waals surface area contributed by atoms with E-state index < -0.39 is 0 Å². The van der Waals surface area contributed by atoms with Crippen LogP contribution in [0.25, 0.3) is 32.8 Å². The smallest absolute Gasteiger partial charge is 0.122 e. The first-order valence-corrected chi connectivity index (χ1v) is 15.7. The SMILES string of the molecule is COc1ccc(-c2ccc3cc(C4NCCc5c4[nH]c4ccccc54)ccc3c2)cc1C12CC3CC(CC(C3)C1)C2. The van der Waals surface area contributed by atoms with Crippen molar-refractivity contribution in [3.05, 3.63) is 101 Å². The highest BCUT2D eigenvalue weighted by molar-refractivity contribution is 5.89. The number of aromatic amines is 1. The molecule has 1 atom stereocenters. The van der Waals surface area contributed by atoms with Crippen LogP contribution in [0.4, 0.5) is 0 Å². The third kappa shape index (κ3) is 3.74. The van der Waals surface area contributed by atoms with Crippen LogP contribution in [0, 0.1) is 17.8 Å². The summed E-state index contributed by atoms with van der Waals surface area (Å²) in [7, 11) is 1.85. The highest BCUT2D eigenvalue weighted by Crippen LogP contribution is 2.62. The van der Waals surface area contributed by atoms with Crippen LogP contribution >= 0.6 is 0 Å². The lowest BCUT2D eigenvalue weighted by Crippen LogP contribution is -2.48. The van der Waals surface area contributed by atoms with Gasteiger partial charge in [0.05, 0.1) is 13.2 Å². The summed E-state index contributed by atoms with van der Waals surface area (Å²) in [4.78, 5) is 3.73. The second-order valence-electron chi connectivity index (χ2n) is 13.6. The molecule has 4 saturated carbocycles. The largest absolute Gasteiger partial charge is 0.496 e. The highest BCUT2D eigenvalue weighted by atomic mass is 16.5. The lowest BCUT2D eigenvalue weighted by molar-refractivity contribution is -0.00613. The molecule has 206 valence electrons. The van der Waals surface area contributed by atoms with Gasteiger partial charge in [-0.3, -0.25) is 0 Å². The monoisotopic (exact) mass is 538 g/mol. The van der Waals surface area contributed by atoms with Gasteiger partial charge < -0.3 is 15.0 Å². The van der Waals surface area contributed by atoms with Gasteiger partial charge in [0.25, 0.3) is 0 Å². The van der Waals surface area contributed by atoms with Crippen LogP contribution in [0.5, 0.6) is 5.75 Å². The molecule has 1 aliphatic heterocycles. The van der Waals surface area contributed by atoms with E-state index in [9.17, 15) is 0 Å². The van der Waals surface area contributed by atoms with E-state index >= 15 is 0 Å². The lowest BCUT2D eigenvalue weighted by atomic mass is 9.48. The molecule has 5 aliphatic rings. The molecule has 1 aromatic heterocycles. The Hall–Kier alpha value is -3.56. The fourth-order valence-electron chi connectivity index (χ4n) is 9.83. The topological polar surface area (TPSA) is 37.0 Å². The number of rotatable bonds is 4. The predicted octanol–water partition coefficient (Wildman–Crippen LogP) is 8.70. The number of hydrogen-bond acceptors (Lipinski definition) is 2. The molecular weight excluding hydrogens is 500 g/mol. The van der Waals surface area contributed by atoms with E-state index in [1.807, 2.05) is 7.11 Å². The number of para-hydroxylation sites is 1. The second-order valence-corrected chi connectivity index (χ2v) is 13.6. The molecule has 0 spiro atoms. The molecule has 2 heterocycles. The lowest BCUT2D eigenvalue weighted by Gasteiger charge is -2.57. The van der Waals surface area contributed by atoms with Crippen LogP contribution < -0.4 is 10.1 Å². The summed E-state index contributed by atoms with van der Waals surface area (Å²) in [6.07, 6.45) is 9.52. The zero-order chi connectivity index (χ0) is 27.1. The first kappa shape index (κ1) is 24.1. The number of aromatic nitrogens is 1. The Morgan fingerprint density at radius 2 is 1.46 bits per heavy atom. The Bertz CT molecular complexity index is 1780. The molecule has 4 fully saturated rings. The summed E-state index contributed by atoms with van der Waals surface area (Å²) in [5, 5.41) is 7.74. The van der Waals surface area contributed by atoms with Gasteiger partial charge >= 0.3 is 0 Å². The van der Waals surface area contributed by atoms with Crippen LogP contribution in [-0.4, -0.2) is 18.6 Å². The third-order valence-corrected chi connectivity index (χ3v) is 11.2. The molecule has 3 heteroatoms. The van der Waals surface area contributed by atoms with Crippen LogP contribution in [0.2, 0.25) is 0 Å². The average Bonchev–Trinajstić information content (AvgIpc) is 3.39. The van der Waals surface area contributed by atoms with Gasteiger partial charge in [-0.15, -0.1) is 0 Å². The van der Waals surface area contributed by atoms with Gasteiger partial charge in [0.1, 0.15) is 5.75 Å². The molecule has 0 saturated heterocycles. The quantitative estimate of drug-likeness (QED) is 0.240. The third-order valence-electron chi connectivity index (χ3n) is 11.2. The minimum Gasteiger partial charge on any atom is -0.496 e. The zero-order valence-corrected chi connectivity index (χ0v) is 23.9. The molecule has 5 aromatic rings. The van der Waals surface area contributed by atoms with Crippen molar-refractivity contribution in [2.24, 2.45) is 17.8 Å². The van der Waals surface area contributed by atoms with Gasteiger partial charge in [0.2, 0.25) is 0 Å². The molecule has 0 amide bonds. The van der Waals surface area contributed by atoms with Crippen molar-refractivity contribution in [2.45, 2.75) is 56.4 Å². The summed E-state index contributed by atoms with van der Waals surface area (Å²) in [6, 6.07) is 29.9. The summed E-state index contributed by atoms with van der Waals surface area (Å²) in [5.74, 6) is 3.85. The van der Waals surface area contributed by atoms with Crippen molar-refractivity contribution >= 4 is 21.7 Å². The number of nitrogens with one attached hydrogen (secondary N) is 2. The number of benzene rings is 4. The van der Waals surface area contributed by atoms with Crippen molar-refractivity contribution in [2.75, 3.05) is 13.7 Å². The molecule has 4 bridgehead atoms. The fourth-order valence-corrected chi connectivity index (χ4v) is 9.83. The number of hydrogen-bond donors (Lipinski definition) is 2. The van der Waals surface area contributed by atoms with Crippen LogP contribution in [-0.2, 0) is 11.8 Å². The number of ether oxygens (including phenoxy) is 1. The van der Waals surface area contributed by atoms with Crippen molar-refractivity contribution in [3.8, 4) is 16.9 Å². The zero-order valence-electron chi connectivity index (χ0n) is 23.9. The molecule has 4 aromatic carbocycles. The van der Waals surface area contributed by atoms with Crippen molar-refractivity contribution in [1.29, 1.82) is 0 Å². The number of methoxy groups -OCH3 is 1. The molecule has 4 aliphatic carbocycles. The van der Waals surface area contributed by atoms with Crippen LogP contribution in [0.15, 0.2) is 78.9 Å². The Morgan fingerprint density at radius 3 is 2.27 bits per heavy atom. The van der Waals surface area contributed by atoms with E-state index in [-0.39, 0.29) is 6.04 Å². The fraction of sp³-hybridized carbons (Fsp3) is 0.368. The molecule has 10 rings (SSSR count). The summed E-state index contributed by atoms with van der Waals surface area (Å²) >= 11 is 0. The van der Waals surface area contributed by atoms with E-state index in [2.05, 4.69) is 89.2 Å². The van der Waals surface area contributed by atoms with Crippen molar-refractivity contribution in [1.82, 2.24) is 10.3 Å². The van der Waals surface area contributed by atoms with Gasteiger partial charge in [-0.1, -0.05) is 48.5 Å². The Balaban J connectivity index is 1.07. The maximum Gasteiger partial charge on any atom is 0.122 e. The first-order chi connectivity index (χ1) is 20.2. The predicted molar refractivity (Wildman–Crippen MR) is 168 cm³/mol. The molecule has 0 radical (unpaired) electrons. The molecule has 3 nitrogen and oxygen atoms in total. The number of H-pyrrole nitrogens is 1. The van der Waals surface area contributed by atoms with E-state index in [1.165, 1.54) is 93.7 Å². The van der Waals surface area contributed by atoms with Gasteiger partial charge in [-0.05, 0) is 131 Å². The van der Waals surface area contributed by atoms with Gasteiger partial charge in [-0.25, -0.2) is 0 Å². The standard InChI is InChI=1S/C38H38N2O/c1-41-35-11-10-29(19-33(35)38-20-23-14-24(21-38)16-25(15-23)22-38)27-6-7-28-18-30(9-8-26(28)17-27)36-37-32(12-13-39-36)31-4-2-3-5-34(31)40-37/h2-11,17-19,23-25,36,39-40H,12-16,20-22H2,1H3. The second kappa shape index (κ2) is 8.97. The van der Waals surface area contributed by atoms with Crippen LogP contribution in [0.3, 0.4) is 0 Å². The number of fused-ring (bicyclic) bond motifs is 4. The summed E-state index contributed by atoms with van der Waals surface area (Å²) < 4.78 is 6.00.